The molecule has 0 bridgehead atoms. The SMILES string of the molecule is CCC(C(=O)N1CCC2(CCC(=O)N(Cc3ccccn3)C2)CC1)N(C)C. The lowest BCUT2D eigenvalue weighted by atomic mass is 9.72. The molecule has 0 N–H and O–H groups in total. The van der Waals surface area contributed by atoms with Gasteiger partial charge in [0.2, 0.25) is 11.8 Å². The van der Waals surface area contributed by atoms with E-state index >= 15 is 0 Å². The molecule has 2 aliphatic rings. The molecule has 1 aromatic heterocycles. The van der Waals surface area contributed by atoms with E-state index in [0.29, 0.717) is 13.0 Å². The number of aromatic nitrogens is 1. The second-order valence-electron chi connectivity index (χ2n) is 8.28. The molecule has 148 valence electrons. The molecule has 2 amide bonds. The first-order valence-electron chi connectivity index (χ1n) is 10.1. The zero-order chi connectivity index (χ0) is 19.4. The van der Waals surface area contributed by atoms with Crippen LogP contribution in [0.25, 0.3) is 0 Å². The summed E-state index contributed by atoms with van der Waals surface area (Å²) in [6.07, 6.45) is 6.12. The predicted octanol–water partition coefficient (Wildman–Crippen LogP) is 2.15. The van der Waals surface area contributed by atoms with Crippen LogP contribution in [-0.2, 0) is 16.1 Å². The van der Waals surface area contributed by atoms with Gasteiger partial charge in [0.15, 0.2) is 0 Å². The fourth-order valence-electron chi connectivity index (χ4n) is 4.51. The molecular formula is C21H32N4O2. The molecule has 2 fully saturated rings. The van der Waals surface area contributed by atoms with Gasteiger partial charge in [-0.2, -0.15) is 0 Å². The fourth-order valence-corrected chi connectivity index (χ4v) is 4.51. The Morgan fingerprint density at radius 1 is 1.26 bits per heavy atom. The van der Waals surface area contributed by atoms with Crippen molar-refractivity contribution in [2.45, 2.75) is 51.6 Å². The maximum atomic E-state index is 12.8. The molecule has 6 nitrogen and oxygen atoms in total. The molecule has 2 saturated heterocycles. The highest BCUT2D eigenvalue weighted by Gasteiger charge is 2.42. The molecule has 0 aliphatic carbocycles. The smallest absolute Gasteiger partial charge is 0.239 e. The second kappa shape index (κ2) is 8.38. The van der Waals surface area contributed by atoms with Gasteiger partial charge in [-0.1, -0.05) is 13.0 Å². The van der Waals surface area contributed by atoms with Gasteiger partial charge in [-0.05, 0) is 57.3 Å². The van der Waals surface area contributed by atoms with Crippen LogP contribution in [0.3, 0.4) is 0 Å². The van der Waals surface area contributed by atoms with Crippen LogP contribution < -0.4 is 0 Å². The van der Waals surface area contributed by atoms with Crippen molar-refractivity contribution in [2.75, 3.05) is 33.7 Å². The number of carbonyl (C=O) groups excluding carboxylic acids is 2. The van der Waals surface area contributed by atoms with Gasteiger partial charge in [-0.25, -0.2) is 0 Å². The van der Waals surface area contributed by atoms with Crippen LogP contribution in [0.2, 0.25) is 0 Å². The first-order chi connectivity index (χ1) is 12.9. The molecule has 6 heteroatoms. The van der Waals surface area contributed by atoms with E-state index in [9.17, 15) is 9.59 Å². The number of amides is 2. The number of likely N-dealkylation sites (N-methyl/N-ethyl adjacent to an activating group) is 1. The molecular weight excluding hydrogens is 340 g/mol. The number of carbonyl (C=O) groups is 2. The van der Waals surface area contributed by atoms with Crippen LogP contribution in [0, 0.1) is 5.41 Å². The van der Waals surface area contributed by atoms with E-state index in [1.165, 1.54) is 0 Å². The van der Waals surface area contributed by atoms with E-state index < -0.39 is 0 Å². The topological polar surface area (TPSA) is 56.8 Å². The Hall–Kier alpha value is -1.95. The van der Waals surface area contributed by atoms with Gasteiger partial charge in [-0.15, -0.1) is 0 Å². The van der Waals surface area contributed by atoms with E-state index in [1.54, 1.807) is 6.20 Å². The van der Waals surface area contributed by atoms with E-state index in [0.717, 1.165) is 51.0 Å². The van der Waals surface area contributed by atoms with E-state index in [-0.39, 0.29) is 23.3 Å². The zero-order valence-electron chi connectivity index (χ0n) is 16.9. The van der Waals surface area contributed by atoms with Gasteiger partial charge in [0, 0.05) is 32.3 Å². The van der Waals surface area contributed by atoms with Crippen LogP contribution in [-0.4, -0.2) is 71.3 Å². The predicted molar refractivity (Wildman–Crippen MR) is 105 cm³/mol. The average Bonchev–Trinajstić information content (AvgIpc) is 2.66. The Balaban J connectivity index is 1.61. The molecule has 2 aliphatic heterocycles. The number of likely N-dealkylation sites (tertiary alicyclic amines) is 2. The summed E-state index contributed by atoms with van der Waals surface area (Å²) in [5.41, 5.74) is 1.09. The van der Waals surface area contributed by atoms with Crippen LogP contribution in [0.15, 0.2) is 24.4 Å². The van der Waals surface area contributed by atoms with E-state index in [4.69, 9.17) is 0 Å². The largest absolute Gasteiger partial charge is 0.341 e. The number of rotatable bonds is 5. The maximum absolute atomic E-state index is 12.8. The van der Waals surface area contributed by atoms with Crippen molar-refractivity contribution in [1.82, 2.24) is 19.7 Å². The monoisotopic (exact) mass is 372 g/mol. The third-order valence-corrected chi connectivity index (χ3v) is 6.26. The fraction of sp³-hybridized carbons (Fsp3) is 0.667. The third kappa shape index (κ3) is 4.49. The minimum absolute atomic E-state index is 0.0346. The number of pyridine rings is 1. The van der Waals surface area contributed by atoms with Crippen molar-refractivity contribution < 1.29 is 9.59 Å². The lowest BCUT2D eigenvalue weighted by Gasteiger charge is -2.48. The van der Waals surface area contributed by atoms with Gasteiger partial charge in [0.05, 0.1) is 18.3 Å². The van der Waals surface area contributed by atoms with Crippen molar-refractivity contribution in [1.29, 1.82) is 0 Å². The number of piperidine rings is 2. The van der Waals surface area contributed by atoms with Crippen LogP contribution in [0.1, 0.15) is 44.7 Å². The van der Waals surface area contributed by atoms with Crippen molar-refractivity contribution in [3.8, 4) is 0 Å². The Morgan fingerprint density at radius 2 is 2.00 bits per heavy atom. The minimum Gasteiger partial charge on any atom is -0.341 e. The molecule has 1 unspecified atom stereocenters. The standard InChI is InChI=1S/C21H32N4O2/c1-4-18(23(2)3)20(27)24-13-10-21(11-14-24)9-8-19(26)25(16-21)15-17-7-5-6-12-22-17/h5-7,12,18H,4,8-11,13-16H2,1-3H3. The van der Waals surface area contributed by atoms with Gasteiger partial charge in [0.1, 0.15) is 0 Å². The van der Waals surface area contributed by atoms with Crippen molar-refractivity contribution in [2.24, 2.45) is 5.41 Å². The maximum Gasteiger partial charge on any atom is 0.239 e. The minimum atomic E-state index is -0.0346. The number of hydrogen-bond donors (Lipinski definition) is 0. The normalized spacial score (nSPS) is 21.0. The second-order valence-corrected chi connectivity index (χ2v) is 8.28. The highest BCUT2D eigenvalue weighted by molar-refractivity contribution is 5.82. The first-order valence-corrected chi connectivity index (χ1v) is 10.1. The molecule has 0 saturated carbocycles. The van der Waals surface area contributed by atoms with Crippen molar-refractivity contribution in [3.05, 3.63) is 30.1 Å². The number of nitrogens with zero attached hydrogens (tertiary/aromatic N) is 4. The molecule has 1 aromatic rings. The zero-order valence-corrected chi connectivity index (χ0v) is 16.9. The summed E-state index contributed by atoms with van der Waals surface area (Å²) >= 11 is 0. The summed E-state index contributed by atoms with van der Waals surface area (Å²) in [6.45, 7) is 5.04. The first kappa shape index (κ1) is 19.8. The van der Waals surface area contributed by atoms with Crippen LogP contribution in [0.4, 0.5) is 0 Å². The molecule has 0 radical (unpaired) electrons. The van der Waals surface area contributed by atoms with Gasteiger partial charge >= 0.3 is 0 Å². The Morgan fingerprint density at radius 3 is 2.59 bits per heavy atom. The van der Waals surface area contributed by atoms with Gasteiger partial charge in [0.25, 0.3) is 0 Å². The number of hydrogen-bond acceptors (Lipinski definition) is 4. The average molecular weight is 373 g/mol. The quantitative estimate of drug-likeness (QED) is 0.795. The summed E-state index contributed by atoms with van der Waals surface area (Å²) < 4.78 is 0. The Labute approximate surface area is 162 Å². The van der Waals surface area contributed by atoms with Gasteiger partial charge < -0.3 is 9.80 Å². The summed E-state index contributed by atoms with van der Waals surface area (Å²) in [6, 6.07) is 5.80. The highest BCUT2D eigenvalue weighted by Crippen LogP contribution is 2.40. The summed E-state index contributed by atoms with van der Waals surface area (Å²) in [5.74, 6) is 0.470. The van der Waals surface area contributed by atoms with Crippen LogP contribution >= 0.6 is 0 Å². The lowest BCUT2D eigenvalue weighted by molar-refractivity contribution is -0.145. The molecule has 3 rings (SSSR count). The third-order valence-electron chi connectivity index (χ3n) is 6.26. The van der Waals surface area contributed by atoms with Crippen LogP contribution in [0.5, 0.6) is 0 Å². The summed E-state index contributed by atoms with van der Waals surface area (Å²) in [7, 11) is 3.94. The van der Waals surface area contributed by atoms with Gasteiger partial charge in [-0.3, -0.25) is 19.5 Å². The highest BCUT2D eigenvalue weighted by atomic mass is 16.2. The molecule has 3 heterocycles. The molecule has 1 spiro atoms. The Kier molecular flexibility index (Phi) is 6.15. The molecule has 0 aromatic carbocycles. The summed E-state index contributed by atoms with van der Waals surface area (Å²) in [4.78, 5) is 35.6. The van der Waals surface area contributed by atoms with E-state index in [1.807, 2.05) is 47.0 Å². The Bertz CT molecular complexity index is 653. The molecule has 27 heavy (non-hydrogen) atoms. The van der Waals surface area contributed by atoms with Crippen molar-refractivity contribution >= 4 is 11.8 Å². The van der Waals surface area contributed by atoms with Crippen molar-refractivity contribution in [3.63, 3.8) is 0 Å². The van der Waals surface area contributed by atoms with E-state index in [2.05, 4.69) is 11.9 Å². The summed E-state index contributed by atoms with van der Waals surface area (Å²) in [5, 5.41) is 0. The lowest BCUT2D eigenvalue weighted by Crippen LogP contribution is -2.54. The molecule has 1 atom stereocenters.